The number of fused-ring (bicyclic) bond motifs is 5. The quantitative estimate of drug-likeness (QED) is 0.676. The smallest absolute Gasteiger partial charge is 0.0944 e. The molecule has 0 atom stereocenters. The molecule has 0 spiro atoms. The molecule has 4 rings (SSSR count). The van der Waals surface area contributed by atoms with E-state index in [2.05, 4.69) is 46.3 Å². The largest absolute Gasteiger partial charge is 0.339 e. The summed E-state index contributed by atoms with van der Waals surface area (Å²) in [4.78, 5) is 6.93. The van der Waals surface area contributed by atoms with Gasteiger partial charge in [0.05, 0.1) is 11.2 Å². The van der Waals surface area contributed by atoms with Crippen molar-refractivity contribution < 1.29 is 0 Å². The summed E-state index contributed by atoms with van der Waals surface area (Å²) in [5.74, 6) is 0. The molecule has 2 nitrogen and oxygen atoms in total. The predicted molar refractivity (Wildman–Crippen MR) is 70.8 cm³/mol. The minimum atomic E-state index is 1.07. The first kappa shape index (κ1) is 8.99. The first-order valence-corrected chi connectivity index (χ1v) is 5.97. The van der Waals surface area contributed by atoms with E-state index >= 15 is 0 Å². The Morgan fingerprint density at radius 3 is 3.12 bits per heavy atom. The number of allylic oxidation sites excluding steroid dienone is 1. The second-order valence-electron chi connectivity index (χ2n) is 4.48. The predicted octanol–water partition coefficient (Wildman–Crippen LogP) is 3.36. The Hall–Kier alpha value is -2.09. The van der Waals surface area contributed by atoms with Crippen LogP contribution in [0.1, 0.15) is 12.0 Å². The van der Waals surface area contributed by atoms with Gasteiger partial charge in [-0.1, -0.05) is 30.4 Å². The molecule has 0 fully saturated rings. The summed E-state index contributed by atoms with van der Waals surface area (Å²) in [7, 11) is 0. The van der Waals surface area contributed by atoms with Gasteiger partial charge in [-0.15, -0.1) is 0 Å². The number of hydrogen-bond acceptors (Lipinski definition) is 2. The highest BCUT2D eigenvalue weighted by atomic mass is 15.2. The van der Waals surface area contributed by atoms with Gasteiger partial charge in [-0.05, 0) is 18.6 Å². The van der Waals surface area contributed by atoms with E-state index in [0.29, 0.717) is 0 Å². The van der Waals surface area contributed by atoms with Crippen molar-refractivity contribution in [2.75, 3.05) is 11.4 Å². The molecule has 2 heteroatoms. The van der Waals surface area contributed by atoms with Gasteiger partial charge in [0.2, 0.25) is 0 Å². The van der Waals surface area contributed by atoms with Crippen molar-refractivity contribution in [2.24, 2.45) is 0 Å². The molecule has 0 unspecified atom stereocenters. The average Bonchev–Trinajstić information content (AvgIpc) is 2.86. The Kier molecular flexibility index (Phi) is 1.69. The number of aromatic nitrogens is 1. The molecule has 2 aliphatic heterocycles. The molecule has 2 aliphatic rings. The van der Waals surface area contributed by atoms with Crippen molar-refractivity contribution in [3.05, 3.63) is 53.9 Å². The summed E-state index contributed by atoms with van der Waals surface area (Å²) in [5, 5.41) is 1.22. The van der Waals surface area contributed by atoms with Crippen molar-refractivity contribution in [2.45, 2.75) is 6.42 Å². The Labute approximate surface area is 99.9 Å². The zero-order chi connectivity index (χ0) is 11.2. The molecule has 3 heterocycles. The minimum Gasteiger partial charge on any atom is -0.339 e. The monoisotopic (exact) mass is 220 g/mol. The number of pyridine rings is 1. The first-order valence-electron chi connectivity index (χ1n) is 5.97. The van der Waals surface area contributed by atoms with Gasteiger partial charge in [-0.25, -0.2) is 0 Å². The molecule has 0 N–H and O–H groups in total. The van der Waals surface area contributed by atoms with Gasteiger partial charge in [0, 0.05) is 29.4 Å². The highest BCUT2D eigenvalue weighted by Crippen LogP contribution is 2.38. The van der Waals surface area contributed by atoms with Gasteiger partial charge < -0.3 is 4.90 Å². The van der Waals surface area contributed by atoms with Crippen LogP contribution in [-0.2, 0) is 0 Å². The Balaban J connectivity index is 2.10. The van der Waals surface area contributed by atoms with Crippen LogP contribution < -0.4 is 4.90 Å². The van der Waals surface area contributed by atoms with Crippen molar-refractivity contribution in [3.8, 4) is 0 Å². The zero-order valence-electron chi connectivity index (χ0n) is 9.43. The lowest BCUT2D eigenvalue weighted by Gasteiger charge is -2.27. The standard InChI is InChI=1S/C15H12N2/c1-3-11-5-6-12-7-8-13-4-2-10-17(13)15(12)14(11)16-9-1/h1,3-9H,2,10H2. The summed E-state index contributed by atoms with van der Waals surface area (Å²) < 4.78 is 0. The fourth-order valence-corrected chi connectivity index (χ4v) is 2.72. The summed E-state index contributed by atoms with van der Waals surface area (Å²) in [5.41, 5.74) is 4.97. The molecular weight excluding hydrogens is 208 g/mol. The molecule has 0 bridgehead atoms. The molecule has 0 radical (unpaired) electrons. The molecular formula is C15H12N2. The number of rotatable bonds is 0. The number of nitrogens with zero attached hydrogens (tertiary/aromatic N) is 2. The van der Waals surface area contributed by atoms with Gasteiger partial charge in [-0.2, -0.15) is 0 Å². The fraction of sp³-hybridized carbons (Fsp3) is 0.133. The second kappa shape index (κ2) is 3.20. The van der Waals surface area contributed by atoms with Crippen molar-refractivity contribution in [1.82, 2.24) is 4.98 Å². The fourth-order valence-electron chi connectivity index (χ4n) is 2.72. The van der Waals surface area contributed by atoms with E-state index in [4.69, 9.17) is 0 Å². The molecule has 17 heavy (non-hydrogen) atoms. The summed E-state index contributed by atoms with van der Waals surface area (Å²) in [6, 6.07) is 8.45. The Bertz CT molecular complexity index is 668. The molecule has 1 aromatic carbocycles. The molecule has 0 saturated heterocycles. The SMILES string of the molecule is C1=Cc2ccc3cccnc3c2N2CCC=C12. The van der Waals surface area contributed by atoms with Crippen LogP contribution in [0.15, 0.2) is 48.3 Å². The van der Waals surface area contributed by atoms with Crippen LogP contribution in [0, 0.1) is 0 Å². The summed E-state index contributed by atoms with van der Waals surface area (Å²) in [6.07, 6.45) is 9.69. The third-order valence-corrected chi connectivity index (χ3v) is 3.50. The van der Waals surface area contributed by atoms with Crippen LogP contribution in [0.3, 0.4) is 0 Å². The summed E-state index contributed by atoms with van der Waals surface area (Å²) >= 11 is 0. The van der Waals surface area contributed by atoms with Gasteiger partial charge in [0.1, 0.15) is 0 Å². The average molecular weight is 220 g/mol. The van der Waals surface area contributed by atoms with Crippen molar-refractivity contribution in [3.63, 3.8) is 0 Å². The van der Waals surface area contributed by atoms with Crippen LogP contribution in [-0.4, -0.2) is 11.5 Å². The summed E-state index contributed by atoms with van der Waals surface area (Å²) in [6.45, 7) is 1.07. The maximum absolute atomic E-state index is 4.55. The molecule has 0 amide bonds. The van der Waals surface area contributed by atoms with Crippen LogP contribution in [0.2, 0.25) is 0 Å². The van der Waals surface area contributed by atoms with Crippen LogP contribution in [0.25, 0.3) is 17.0 Å². The lowest BCUT2D eigenvalue weighted by Crippen LogP contribution is -2.21. The van der Waals surface area contributed by atoms with Crippen LogP contribution >= 0.6 is 0 Å². The lowest BCUT2D eigenvalue weighted by molar-refractivity contribution is 0.979. The molecule has 1 aromatic heterocycles. The normalized spacial score (nSPS) is 16.9. The van der Waals surface area contributed by atoms with E-state index in [1.54, 1.807) is 0 Å². The third-order valence-electron chi connectivity index (χ3n) is 3.50. The van der Waals surface area contributed by atoms with E-state index < -0.39 is 0 Å². The van der Waals surface area contributed by atoms with Crippen LogP contribution in [0.4, 0.5) is 5.69 Å². The maximum atomic E-state index is 4.55. The topological polar surface area (TPSA) is 16.1 Å². The number of anilines is 1. The number of hydrogen-bond donors (Lipinski definition) is 0. The van der Waals surface area contributed by atoms with E-state index in [1.807, 2.05) is 12.3 Å². The van der Waals surface area contributed by atoms with Crippen molar-refractivity contribution in [1.29, 1.82) is 0 Å². The lowest BCUT2D eigenvalue weighted by atomic mass is 10.0. The Morgan fingerprint density at radius 1 is 1.12 bits per heavy atom. The number of benzene rings is 1. The third kappa shape index (κ3) is 1.18. The highest BCUT2D eigenvalue weighted by molar-refractivity contribution is 5.98. The van der Waals surface area contributed by atoms with E-state index in [0.717, 1.165) is 18.5 Å². The van der Waals surface area contributed by atoms with Gasteiger partial charge in [-0.3, -0.25) is 4.98 Å². The molecule has 0 aliphatic carbocycles. The Morgan fingerprint density at radius 2 is 2.12 bits per heavy atom. The minimum absolute atomic E-state index is 1.07. The second-order valence-corrected chi connectivity index (χ2v) is 4.48. The molecule has 0 saturated carbocycles. The van der Waals surface area contributed by atoms with Crippen LogP contribution in [0.5, 0.6) is 0 Å². The van der Waals surface area contributed by atoms with Gasteiger partial charge in [0.25, 0.3) is 0 Å². The first-order chi connectivity index (χ1) is 8.43. The van der Waals surface area contributed by atoms with Gasteiger partial charge in [0.15, 0.2) is 0 Å². The molecule has 82 valence electrons. The van der Waals surface area contributed by atoms with Gasteiger partial charge >= 0.3 is 0 Å². The van der Waals surface area contributed by atoms with E-state index in [-0.39, 0.29) is 0 Å². The highest BCUT2D eigenvalue weighted by Gasteiger charge is 2.22. The van der Waals surface area contributed by atoms with E-state index in [9.17, 15) is 0 Å². The van der Waals surface area contributed by atoms with E-state index in [1.165, 1.54) is 22.3 Å². The maximum Gasteiger partial charge on any atom is 0.0944 e. The molecule has 2 aromatic rings. The van der Waals surface area contributed by atoms with Crippen molar-refractivity contribution >= 4 is 22.7 Å². The zero-order valence-corrected chi connectivity index (χ0v) is 9.43.